The molecule has 2 nitrogen and oxygen atoms in total. The maximum atomic E-state index is 11.9. The Morgan fingerprint density at radius 2 is 2.50 bits per heavy atom. The lowest BCUT2D eigenvalue weighted by Crippen LogP contribution is -2.37. The van der Waals surface area contributed by atoms with Gasteiger partial charge in [0.05, 0.1) is 6.54 Å². The molecule has 1 aliphatic heterocycles. The molecule has 1 fully saturated rings. The molecule has 78 valence electrons. The molecule has 1 saturated heterocycles. The Morgan fingerprint density at radius 1 is 1.71 bits per heavy atom. The van der Waals surface area contributed by atoms with Gasteiger partial charge in [0.15, 0.2) is 0 Å². The topological polar surface area (TPSA) is 20.3 Å². The van der Waals surface area contributed by atoms with Crippen LogP contribution in [-0.4, -0.2) is 35.4 Å². The van der Waals surface area contributed by atoms with Crippen LogP contribution < -0.4 is 0 Å². The first-order valence-electron chi connectivity index (χ1n) is 5.09. The standard InChI is InChI=1S/C11H17NOS/c1-3-6-12(7-4-2)11(13)10-5-8-14-9-10/h1,10H,4-9H2,2H3. The van der Waals surface area contributed by atoms with Crippen molar-refractivity contribution in [3.8, 4) is 12.3 Å². The van der Waals surface area contributed by atoms with Crippen LogP contribution in [0, 0.1) is 18.3 Å². The molecule has 0 aliphatic carbocycles. The first-order chi connectivity index (χ1) is 6.79. The van der Waals surface area contributed by atoms with Gasteiger partial charge in [0.1, 0.15) is 0 Å². The van der Waals surface area contributed by atoms with E-state index in [-0.39, 0.29) is 11.8 Å². The Morgan fingerprint density at radius 3 is 3.00 bits per heavy atom. The van der Waals surface area contributed by atoms with Gasteiger partial charge in [-0.15, -0.1) is 6.42 Å². The highest BCUT2D eigenvalue weighted by molar-refractivity contribution is 7.99. The van der Waals surface area contributed by atoms with Crippen LogP contribution in [0.4, 0.5) is 0 Å². The van der Waals surface area contributed by atoms with Crippen molar-refractivity contribution in [3.05, 3.63) is 0 Å². The van der Waals surface area contributed by atoms with Crippen LogP contribution >= 0.6 is 11.8 Å². The van der Waals surface area contributed by atoms with Gasteiger partial charge in [-0.2, -0.15) is 11.8 Å². The number of rotatable bonds is 4. The molecule has 14 heavy (non-hydrogen) atoms. The van der Waals surface area contributed by atoms with Gasteiger partial charge in [-0.1, -0.05) is 12.8 Å². The first-order valence-corrected chi connectivity index (χ1v) is 6.25. The monoisotopic (exact) mass is 211 g/mol. The summed E-state index contributed by atoms with van der Waals surface area (Å²) in [6.45, 7) is 3.33. The highest BCUT2D eigenvalue weighted by Gasteiger charge is 2.26. The Balaban J connectivity index is 2.49. The van der Waals surface area contributed by atoms with E-state index in [2.05, 4.69) is 12.8 Å². The van der Waals surface area contributed by atoms with Crippen molar-refractivity contribution in [2.45, 2.75) is 19.8 Å². The van der Waals surface area contributed by atoms with E-state index in [1.54, 1.807) is 0 Å². The third-order valence-electron chi connectivity index (χ3n) is 2.37. The van der Waals surface area contributed by atoms with E-state index in [1.165, 1.54) is 0 Å². The number of thioether (sulfide) groups is 1. The molecular formula is C11H17NOS. The lowest BCUT2D eigenvalue weighted by atomic mass is 10.1. The largest absolute Gasteiger partial charge is 0.331 e. The number of terminal acetylenes is 1. The van der Waals surface area contributed by atoms with Crippen molar-refractivity contribution in [2.75, 3.05) is 24.6 Å². The summed E-state index contributed by atoms with van der Waals surface area (Å²) < 4.78 is 0. The second-order valence-corrected chi connectivity index (χ2v) is 4.67. The van der Waals surface area contributed by atoms with Gasteiger partial charge in [0.2, 0.25) is 5.91 Å². The van der Waals surface area contributed by atoms with Crippen LogP contribution in [0.3, 0.4) is 0 Å². The van der Waals surface area contributed by atoms with Crippen molar-refractivity contribution in [1.29, 1.82) is 0 Å². The Hall–Kier alpha value is -0.620. The Bertz CT molecular complexity index is 228. The number of hydrogen-bond acceptors (Lipinski definition) is 2. The summed E-state index contributed by atoms with van der Waals surface area (Å²) in [6.07, 6.45) is 7.25. The molecule has 1 unspecified atom stereocenters. The van der Waals surface area contributed by atoms with Gasteiger partial charge in [-0.25, -0.2) is 0 Å². The first kappa shape index (κ1) is 11.5. The number of carbonyl (C=O) groups is 1. The van der Waals surface area contributed by atoms with E-state index < -0.39 is 0 Å². The molecule has 1 rings (SSSR count). The fourth-order valence-electron chi connectivity index (χ4n) is 1.63. The van der Waals surface area contributed by atoms with Crippen molar-refractivity contribution in [3.63, 3.8) is 0 Å². The summed E-state index contributed by atoms with van der Waals surface area (Å²) in [7, 11) is 0. The minimum Gasteiger partial charge on any atom is -0.331 e. The third kappa shape index (κ3) is 2.95. The molecule has 1 atom stereocenters. The van der Waals surface area contributed by atoms with E-state index in [4.69, 9.17) is 6.42 Å². The molecule has 1 amide bonds. The van der Waals surface area contributed by atoms with Crippen molar-refractivity contribution >= 4 is 17.7 Å². The lowest BCUT2D eigenvalue weighted by molar-refractivity contribution is -0.134. The van der Waals surface area contributed by atoms with Crippen molar-refractivity contribution in [1.82, 2.24) is 4.90 Å². The van der Waals surface area contributed by atoms with Gasteiger partial charge in [0, 0.05) is 18.2 Å². The summed E-state index contributed by atoms with van der Waals surface area (Å²) in [4.78, 5) is 13.8. The Kier molecular flexibility index (Phi) is 4.89. The molecule has 0 radical (unpaired) electrons. The fraction of sp³-hybridized carbons (Fsp3) is 0.727. The van der Waals surface area contributed by atoms with Crippen LogP contribution in [0.15, 0.2) is 0 Å². The maximum Gasteiger partial charge on any atom is 0.227 e. The van der Waals surface area contributed by atoms with Gasteiger partial charge in [-0.3, -0.25) is 4.79 Å². The van der Waals surface area contributed by atoms with Gasteiger partial charge >= 0.3 is 0 Å². The average molecular weight is 211 g/mol. The summed E-state index contributed by atoms with van der Waals surface area (Å²) in [5, 5.41) is 0. The molecule has 0 aromatic carbocycles. The quantitative estimate of drug-likeness (QED) is 0.658. The molecule has 0 aromatic heterocycles. The molecule has 0 N–H and O–H groups in total. The zero-order valence-electron chi connectivity index (χ0n) is 8.66. The van der Waals surface area contributed by atoms with Crippen LogP contribution in [0.1, 0.15) is 19.8 Å². The number of hydrogen-bond donors (Lipinski definition) is 0. The second-order valence-electron chi connectivity index (χ2n) is 3.52. The molecule has 0 bridgehead atoms. The summed E-state index contributed by atoms with van der Waals surface area (Å²) >= 11 is 1.86. The highest BCUT2D eigenvalue weighted by Crippen LogP contribution is 2.25. The molecular weight excluding hydrogens is 194 g/mol. The summed E-state index contributed by atoms with van der Waals surface area (Å²) in [5.41, 5.74) is 0. The smallest absolute Gasteiger partial charge is 0.227 e. The molecule has 0 spiro atoms. The highest BCUT2D eigenvalue weighted by atomic mass is 32.2. The molecule has 0 aromatic rings. The summed E-state index contributed by atoms with van der Waals surface area (Å²) in [5.74, 6) is 5.13. The van der Waals surface area contributed by atoms with E-state index >= 15 is 0 Å². The fourth-order valence-corrected chi connectivity index (χ4v) is 2.85. The summed E-state index contributed by atoms with van der Waals surface area (Å²) in [6, 6.07) is 0. The van der Waals surface area contributed by atoms with Crippen LogP contribution in [0.2, 0.25) is 0 Å². The van der Waals surface area contributed by atoms with E-state index in [0.29, 0.717) is 6.54 Å². The van der Waals surface area contributed by atoms with Gasteiger partial charge in [-0.05, 0) is 18.6 Å². The predicted octanol–water partition coefficient (Wildman–Crippen LogP) is 1.61. The predicted molar refractivity (Wildman–Crippen MR) is 61.1 cm³/mol. The minimum absolute atomic E-state index is 0.222. The third-order valence-corrected chi connectivity index (χ3v) is 3.53. The normalized spacial score (nSPS) is 20.4. The zero-order chi connectivity index (χ0) is 10.4. The molecule has 3 heteroatoms. The van der Waals surface area contributed by atoms with E-state index in [9.17, 15) is 4.79 Å². The van der Waals surface area contributed by atoms with Crippen molar-refractivity contribution < 1.29 is 4.79 Å². The minimum atomic E-state index is 0.222. The van der Waals surface area contributed by atoms with Crippen molar-refractivity contribution in [2.24, 2.45) is 5.92 Å². The van der Waals surface area contributed by atoms with Gasteiger partial charge in [0.25, 0.3) is 0 Å². The zero-order valence-corrected chi connectivity index (χ0v) is 9.48. The molecule has 0 saturated carbocycles. The molecule has 1 aliphatic rings. The van der Waals surface area contributed by atoms with Crippen LogP contribution in [-0.2, 0) is 4.79 Å². The second kappa shape index (κ2) is 5.98. The van der Waals surface area contributed by atoms with Crippen LogP contribution in [0.5, 0.6) is 0 Å². The SMILES string of the molecule is C#CCN(CCC)C(=O)C1CCSC1. The van der Waals surface area contributed by atoms with E-state index in [1.807, 2.05) is 16.7 Å². The lowest BCUT2D eigenvalue weighted by Gasteiger charge is -2.22. The molecule has 1 heterocycles. The maximum absolute atomic E-state index is 11.9. The number of nitrogens with zero attached hydrogens (tertiary/aromatic N) is 1. The average Bonchev–Trinajstić information content (AvgIpc) is 2.69. The Labute approximate surface area is 90.4 Å². The van der Waals surface area contributed by atoms with E-state index in [0.717, 1.165) is 30.9 Å². The van der Waals surface area contributed by atoms with Gasteiger partial charge < -0.3 is 4.90 Å². The van der Waals surface area contributed by atoms with Crippen LogP contribution in [0.25, 0.3) is 0 Å². The number of carbonyl (C=O) groups excluding carboxylic acids is 1. The number of amides is 1.